The third-order valence-electron chi connectivity index (χ3n) is 2.03. The van der Waals surface area contributed by atoms with Crippen LogP contribution in [0.4, 0.5) is 0 Å². The molecule has 0 spiro atoms. The number of hydrogen-bond donors (Lipinski definition) is 1. The second-order valence-electron chi connectivity index (χ2n) is 3.66. The van der Waals surface area contributed by atoms with E-state index in [9.17, 15) is 13.2 Å². The van der Waals surface area contributed by atoms with Gasteiger partial charge in [0, 0.05) is 11.2 Å². The van der Waals surface area contributed by atoms with Crippen LogP contribution in [0.3, 0.4) is 0 Å². The Hall–Kier alpha value is -1.01. The van der Waals surface area contributed by atoms with Gasteiger partial charge in [0.15, 0.2) is 0 Å². The Morgan fingerprint density at radius 3 is 2.35 bits per heavy atom. The third-order valence-corrected chi connectivity index (χ3v) is 4.16. The minimum absolute atomic E-state index is 0.188. The average Bonchev–Trinajstić information content (AvgIpc) is 2.24. The first-order chi connectivity index (χ1) is 7.88. The first-order valence-corrected chi connectivity index (χ1v) is 8.07. The largest absolute Gasteiger partial charge is 0.478 e. The molecule has 0 heterocycles. The van der Waals surface area contributed by atoms with Crippen molar-refractivity contribution in [3.8, 4) is 0 Å². The molecule has 1 rings (SSSR count). The Kier molecular flexibility index (Phi) is 5.02. The molecule has 17 heavy (non-hydrogen) atoms. The van der Waals surface area contributed by atoms with E-state index in [1.54, 1.807) is 24.3 Å². The van der Waals surface area contributed by atoms with Gasteiger partial charge in [-0.25, -0.2) is 13.2 Å². The fourth-order valence-corrected chi connectivity index (χ4v) is 2.91. The van der Waals surface area contributed by atoms with E-state index in [1.165, 1.54) is 18.0 Å². The van der Waals surface area contributed by atoms with Gasteiger partial charge in [-0.05, 0) is 36.4 Å². The molecule has 0 aromatic heterocycles. The Bertz CT molecular complexity index is 477. The standard InChI is InChI=1S/C11H14O4S2/c1-17(14,15)8-2-7-16-10-5-3-9(4-6-10)11(12)13/h3-6H,2,7-8H2,1H3,(H,12,13). The molecule has 0 saturated carbocycles. The van der Waals surface area contributed by atoms with E-state index in [1.807, 2.05) is 0 Å². The Morgan fingerprint density at radius 2 is 1.88 bits per heavy atom. The van der Waals surface area contributed by atoms with Gasteiger partial charge in [-0.15, -0.1) is 11.8 Å². The van der Waals surface area contributed by atoms with Gasteiger partial charge in [-0.1, -0.05) is 0 Å². The summed E-state index contributed by atoms with van der Waals surface area (Å²) in [6, 6.07) is 6.55. The summed E-state index contributed by atoms with van der Waals surface area (Å²) < 4.78 is 21.8. The molecular weight excluding hydrogens is 260 g/mol. The van der Waals surface area contributed by atoms with Gasteiger partial charge in [0.25, 0.3) is 0 Å². The first kappa shape index (κ1) is 14.1. The quantitative estimate of drug-likeness (QED) is 0.634. The summed E-state index contributed by atoms with van der Waals surface area (Å²) in [4.78, 5) is 11.6. The number of rotatable bonds is 6. The zero-order valence-corrected chi connectivity index (χ0v) is 11.1. The molecule has 0 unspecified atom stereocenters. The van der Waals surface area contributed by atoms with E-state index in [-0.39, 0.29) is 11.3 Å². The third kappa shape index (κ3) is 5.74. The summed E-state index contributed by atoms with van der Waals surface area (Å²) >= 11 is 1.52. The van der Waals surface area contributed by atoms with Crippen molar-refractivity contribution >= 4 is 27.6 Å². The second kappa shape index (κ2) is 6.07. The predicted molar refractivity (Wildman–Crippen MR) is 68.5 cm³/mol. The highest BCUT2D eigenvalue weighted by Gasteiger charge is 2.03. The predicted octanol–water partition coefficient (Wildman–Crippen LogP) is 1.91. The lowest BCUT2D eigenvalue weighted by molar-refractivity contribution is 0.0697. The molecule has 0 aliphatic rings. The minimum atomic E-state index is -2.89. The molecule has 0 aliphatic carbocycles. The molecule has 1 aromatic rings. The molecule has 0 aliphatic heterocycles. The van der Waals surface area contributed by atoms with E-state index in [0.29, 0.717) is 12.2 Å². The summed E-state index contributed by atoms with van der Waals surface area (Å²) in [6.07, 6.45) is 1.82. The van der Waals surface area contributed by atoms with Crippen molar-refractivity contribution in [3.05, 3.63) is 29.8 Å². The maximum Gasteiger partial charge on any atom is 0.335 e. The number of carbonyl (C=O) groups is 1. The van der Waals surface area contributed by atoms with Crippen molar-refractivity contribution in [3.63, 3.8) is 0 Å². The molecule has 0 saturated heterocycles. The smallest absolute Gasteiger partial charge is 0.335 e. The van der Waals surface area contributed by atoms with Gasteiger partial charge >= 0.3 is 5.97 Å². The maximum atomic E-state index is 10.9. The maximum absolute atomic E-state index is 10.9. The van der Waals surface area contributed by atoms with Crippen LogP contribution in [0.5, 0.6) is 0 Å². The summed E-state index contributed by atoms with van der Waals surface area (Å²) in [5.74, 6) is -0.0502. The molecular formula is C11H14O4S2. The highest BCUT2D eigenvalue weighted by molar-refractivity contribution is 7.99. The van der Waals surface area contributed by atoms with Gasteiger partial charge in [0.1, 0.15) is 9.84 Å². The molecule has 6 heteroatoms. The van der Waals surface area contributed by atoms with E-state index >= 15 is 0 Å². The van der Waals surface area contributed by atoms with Crippen molar-refractivity contribution < 1.29 is 18.3 Å². The van der Waals surface area contributed by atoms with Crippen molar-refractivity contribution in [2.24, 2.45) is 0 Å². The van der Waals surface area contributed by atoms with Crippen LogP contribution in [0, 0.1) is 0 Å². The van der Waals surface area contributed by atoms with Gasteiger partial charge in [0.2, 0.25) is 0 Å². The molecule has 0 fully saturated rings. The number of benzene rings is 1. The van der Waals surface area contributed by atoms with Gasteiger partial charge in [-0.3, -0.25) is 0 Å². The van der Waals surface area contributed by atoms with Crippen LogP contribution in [0.2, 0.25) is 0 Å². The fourth-order valence-electron chi connectivity index (χ4n) is 1.20. The van der Waals surface area contributed by atoms with Crippen molar-refractivity contribution in [2.45, 2.75) is 11.3 Å². The summed E-state index contributed by atoms with van der Waals surface area (Å²) in [5.41, 5.74) is 0.255. The van der Waals surface area contributed by atoms with Crippen LogP contribution in [-0.2, 0) is 9.84 Å². The van der Waals surface area contributed by atoms with Crippen molar-refractivity contribution in [2.75, 3.05) is 17.8 Å². The van der Waals surface area contributed by atoms with Crippen LogP contribution in [0.15, 0.2) is 29.2 Å². The normalized spacial score (nSPS) is 11.4. The van der Waals surface area contributed by atoms with E-state index in [2.05, 4.69) is 0 Å². The molecule has 0 amide bonds. The second-order valence-corrected chi connectivity index (χ2v) is 7.09. The lowest BCUT2D eigenvalue weighted by Crippen LogP contribution is -2.03. The number of sulfone groups is 1. The Balaban J connectivity index is 2.40. The van der Waals surface area contributed by atoms with Gasteiger partial charge < -0.3 is 5.11 Å². The fraction of sp³-hybridized carbons (Fsp3) is 0.364. The first-order valence-electron chi connectivity index (χ1n) is 5.02. The van der Waals surface area contributed by atoms with Crippen LogP contribution >= 0.6 is 11.8 Å². The highest BCUT2D eigenvalue weighted by atomic mass is 32.2. The van der Waals surface area contributed by atoms with Crippen LogP contribution in [-0.4, -0.2) is 37.3 Å². The van der Waals surface area contributed by atoms with Crippen LogP contribution < -0.4 is 0 Å². The number of carboxylic acids is 1. The molecule has 0 radical (unpaired) electrons. The van der Waals surface area contributed by atoms with Crippen LogP contribution in [0.1, 0.15) is 16.8 Å². The summed E-state index contributed by atoms with van der Waals surface area (Å²) in [5, 5.41) is 8.71. The van der Waals surface area contributed by atoms with Crippen LogP contribution in [0.25, 0.3) is 0 Å². The van der Waals surface area contributed by atoms with Crippen molar-refractivity contribution in [1.82, 2.24) is 0 Å². The average molecular weight is 274 g/mol. The van der Waals surface area contributed by atoms with E-state index in [0.717, 1.165) is 4.90 Å². The zero-order chi connectivity index (χ0) is 12.9. The molecule has 0 bridgehead atoms. The molecule has 1 aromatic carbocycles. The number of hydrogen-bond acceptors (Lipinski definition) is 4. The topological polar surface area (TPSA) is 71.4 Å². The number of thioether (sulfide) groups is 1. The monoisotopic (exact) mass is 274 g/mol. The SMILES string of the molecule is CS(=O)(=O)CCCSc1ccc(C(=O)O)cc1. The zero-order valence-electron chi connectivity index (χ0n) is 9.42. The van der Waals surface area contributed by atoms with Gasteiger partial charge in [0.05, 0.1) is 11.3 Å². The molecule has 0 atom stereocenters. The van der Waals surface area contributed by atoms with E-state index < -0.39 is 15.8 Å². The summed E-state index contributed by atoms with van der Waals surface area (Å²) in [6.45, 7) is 0. The van der Waals surface area contributed by atoms with Crippen molar-refractivity contribution in [1.29, 1.82) is 0 Å². The minimum Gasteiger partial charge on any atom is -0.478 e. The van der Waals surface area contributed by atoms with E-state index in [4.69, 9.17) is 5.11 Å². The molecule has 1 N–H and O–H groups in total. The molecule has 4 nitrogen and oxygen atoms in total. The summed E-state index contributed by atoms with van der Waals surface area (Å²) in [7, 11) is -2.89. The number of aromatic carboxylic acids is 1. The van der Waals surface area contributed by atoms with Gasteiger partial charge in [-0.2, -0.15) is 0 Å². The highest BCUT2D eigenvalue weighted by Crippen LogP contribution is 2.19. The Morgan fingerprint density at radius 1 is 1.29 bits per heavy atom. The molecule has 94 valence electrons. The lowest BCUT2D eigenvalue weighted by Gasteiger charge is -2.01. The number of carboxylic acid groups (broad SMARTS) is 1. The Labute approximate surface area is 105 Å². The lowest BCUT2D eigenvalue weighted by atomic mass is 10.2.